The van der Waals surface area contributed by atoms with Crippen LogP contribution in [-0.4, -0.2) is 33.4 Å². The van der Waals surface area contributed by atoms with Crippen LogP contribution in [0.4, 0.5) is 18.9 Å². The summed E-state index contributed by atoms with van der Waals surface area (Å²) in [6, 6.07) is 5.65. The Morgan fingerprint density at radius 3 is 2.81 bits per heavy atom. The second-order valence-electron chi connectivity index (χ2n) is 6.25. The first-order valence-electron chi connectivity index (χ1n) is 8.00. The van der Waals surface area contributed by atoms with Gasteiger partial charge in [0, 0.05) is 30.4 Å². The van der Waals surface area contributed by atoms with Gasteiger partial charge in [-0.3, -0.25) is 0 Å². The van der Waals surface area contributed by atoms with Crippen LogP contribution in [0.2, 0.25) is 0 Å². The van der Waals surface area contributed by atoms with Crippen molar-refractivity contribution in [1.29, 1.82) is 0 Å². The molecule has 5 nitrogen and oxygen atoms in total. The highest BCUT2D eigenvalue weighted by Gasteiger charge is 2.35. The fourth-order valence-corrected chi connectivity index (χ4v) is 3.45. The summed E-state index contributed by atoms with van der Waals surface area (Å²) in [7, 11) is 0. The Hall–Kier alpha value is -3.03. The Labute approximate surface area is 146 Å². The number of benzene rings is 1. The Bertz CT molecular complexity index is 1000. The summed E-state index contributed by atoms with van der Waals surface area (Å²) in [6.45, 7) is 0.00728. The lowest BCUT2D eigenvalue weighted by molar-refractivity contribution is 0.0699. The van der Waals surface area contributed by atoms with E-state index in [-0.39, 0.29) is 24.1 Å². The summed E-state index contributed by atoms with van der Waals surface area (Å²) in [6.07, 6.45) is 1.61. The lowest BCUT2D eigenvalue weighted by Crippen LogP contribution is -2.24. The van der Waals surface area contributed by atoms with E-state index < -0.39 is 29.8 Å². The van der Waals surface area contributed by atoms with Crippen LogP contribution in [0.5, 0.6) is 0 Å². The maximum absolute atomic E-state index is 14.2. The predicted octanol–water partition coefficient (Wildman–Crippen LogP) is 3.60. The number of nitrogens with zero attached hydrogens (tertiary/aromatic N) is 3. The standard InChI is InChI=1S/C18H14F3N3O2/c19-10-1-2-15(21)13(5-10)16-6-11(20)9-23(16)12-3-4-24-17(7-12)14(8-22-24)18(25)26/h1-5,7-8,11,16H,6,9H2,(H,25,26)/t11-,16?/m1/s1. The van der Waals surface area contributed by atoms with Gasteiger partial charge in [-0.2, -0.15) is 5.10 Å². The largest absolute Gasteiger partial charge is 0.478 e. The number of alkyl halides is 1. The lowest BCUT2D eigenvalue weighted by Gasteiger charge is -2.27. The van der Waals surface area contributed by atoms with E-state index in [4.69, 9.17) is 0 Å². The number of rotatable bonds is 3. The number of carboxylic acids is 1. The van der Waals surface area contributed by atoms with E-state index >= 15 is 0 Å². The van der Waals surface area contributed by atoms with Crippen LogP contribution in [0.25, 0.3) is 5.52 Å². The van der Waals surface area contributed by atoms with E-state index in [1.54, 1.807) is 23.2 Å². The zero-order valence-corrected chi connectivity index (χ0v) is 13.4. The average Bonchev–Trinajstić information content (AvgIpc) is 3.19. The molecule has 26 heavy (non-hydrogen) atoms. The molecule has 1 N–H and O–H groups in total. The molecule has 2 aromatic heterocycles. The molecule has 1 aliphatic rings. The van der Waals surface area contributed by atoms with Gasteiger partial charge >= 0.3 is 5.97 Å². The van der Waals surface area contributed by atoms with Gasteiger partial charge in [-0.1, -0.05) is 0 Å². The monoisotopic (exact) mass is 361 g/mol. The number of carboxylic acid groups (broad SMARTS) is 1. The third kappa shape index (κ3) is 2.67. The summed E-state index contributed by atoms with van der Waals surface area (Å²) in [5, 5.41) is 13.2. The molecule has 1 aromatic carbocycles. The molecule has 4 rings (SSSR count). The SMILES string of the molecule is O=C(O)c1cnn2ccc(N3C[C@H](F)CC3c3cc(F)ccc3F)cc12. The summed E-state index contributed by atoms with van der Waals surface area (Å²) < 4.78 is 43.3. The van der Waals surface area contributed by atoms with Gasteiger partial charge in [-0.15, -0.1) is 0 Å². The van der Waals surface area contributed by atoms with Crippen LogP contribution >= 0.6 is 0 Å². The summed E-state index contributed by atoms with van der Waals surface area (Å²) in [5.41, 5.74) is 0.957. The second kappa shape index (κ2) is 6.05. The van der Waals surface area contributed by atoms with Crippen molar-refractivity contribution in [1.82, 2.24) is 9.61 Å². The summed E-state index contributed by atoms with van der Waals surface area (Å²) in [4.78, 5) is 12.9. The number of hydrogen-bond donors (Lipinski definition) is 1. The number of aromatic nitrogens is 2. The van der Waals surface area contributed by atoms with E-state index in [2.05, 4.69) is 5.10 Å². The molecule has 1 unspecified atom stereocenters. The molecular weight excluding hydrogens is 347 g/mol. The molecule has 1 aliphatic heterocycles. The molecule has 2 atom stereocenters. The average molecular weight is 361 g/mol. The molecule has 8 heteroatoms. The zero-order valence-electron chi connectivity index (χ0n) is 13.4. The van der Waals surface area contributed by atoms with E-state index in [0.717, 1.165) is 18.2 Å². The third-order valence-electron chi connectivity index (χ3n) is 4.63. The van der Waals surface area contributed by atoms with Crippen molar-refractivity contribution in [2.45, 2.75) is 18.6 Å². The highest BCUT2D eigenvalue weighted by Crippen LogP contribution is 2.39. The molecule has 3 heterocycles. The van der Waals surface area contributed by atoms with Crippen molar-refractivity contribution in [3.63, 3.8) is 0 Å². The van der Waals surface area contributed by atoms with Crippen molar-refractivity contribution in [3.8, 4) is 0 Å². The van der Waals surface area contributed by atoms with Crippen LogP contribution < -0.4 is 4.90 Å². The van der Waals surface area contributed by atoms with Gasteiger partial charge in [0.15, 0.2) is 0 Å². The molecule has 0 amide bonds. The first-order valence-corrected chi connectivity index (χ1v) is 8.00. The van der Waals surface area contributed by atoms with Gasteiger partial charge in [0.25, 0.3) is 0 Å². The smallest absolute Gasteiger partial charge is 0.339 e. The van der Waals surface area contributed by atoms with E-state index in [0.29, 0.717) is 11.2 Å². The Kier molecular flexibility index (Phi) is 3.82. The van der Waals surface area contributed by atoms with Crippen molar-refractivity contribution >= 4 is 17.2 Å². The number of hydrogen-bond acceptors (Lipinski definition) is 3. The normalized spacial score (nSPS) is 20.0. The number of halogens is 3. The van der Waals surface area contributed by atoms with E-state index in [1.807, 2.05) is 0 Å². The molecular formula is C18H14F3N3O2. The second-order valence-corrected chi connectivity index (χ2v) is 6.25. The quantitative estimate of drug-likeness (QED) is 0.774. The topological polar surface area (TPSA) is 57.8 Å². The first-order chi connectivity index (χ1) is 12.4. The fraction of sp³-hybridized carbons (Fsp3) is 0.222. The van der Waals surface area contributed by atoms with Crippen LogP contribution in [0.1, 0.15) is 28.4 Å². The van der Waals surface area contributed by atoms with Crippen molar-refractivity contribution in [3.05, 3.63) is 65.5 Å². The number of carbonyl (C=O) groups is 1. The van der Waals surface area contributed by atoms with Gasteiger partial charge in [0.2, 0.25) is 0 Å². The number of pyridine rings is 1. The van der Waals surface area contributed by atoms with Crippen LogP contribution in [0.15, 0.2) is 42.7 Å². The molecule has 134 valence electrons. The van der Waals surface area contributed by atoms with Gasteiger partial charge in [-0.05, 0) is 30.3 Å². The summed E-state index contributed by atoms with van der Waals surface area (Å²) in [5.74, 6) is -2.33. The Morgan fingerprint density at radius 2 is 2.04 bits per heavy atom. The van der Waals surface area contributed by atoms with Gasteiger partial charge in [0.1, 0.15) is 23.4 Å². The number of anilines is 1. The fourth-order valence-electron chi connectivity index (χ4n) is 3.45. The summed E-state index contributed by atoms with van der Waals surface area (Å²) >= 11 is 0. The molecule has 0 saturated carbocycles. The molecule has 0 aliphatic carbocycles. The third-order valence-corrected chi connectivity index (χ3v) is 4.63. The van der Waals surface area contributed by atoms with Crippen LogP contribution in [-0.2, 0) is 0 Å². The molecule has 0 radical (unpaired) electrons. The number of aromatic carboxylic acids is 1. The molecule has 1 saturated heterocycles. The first kappa shape index (κ1) is 16.4. The minimum Gasteiger partial charge on any atom is -0.478 e. The van der Waals surface area contributed by atoms with Gasteiger partial charge in [-0.25, -0.2) is 22.5 Å². The molecule has 3 aromatic rings. The lowest BCUT2D eigenvalue weighted by atomic mass is 10.0. The van der Waals surface area contributed by atoms with E-state index in [9.17, 15) is 23.1 Å². The minimum absolute atomic E-state index is 0.00728. The molecule has 0 bridgehead atoms. The maximum atomic E-state index is 14.2. The van der Waals surface area contributed by atoms with Crippen molar-refractivity contribution in [2.75, 3.05) is 11.4 Å². The minimum atomic E-state index is -1.21. The molecule has 1 fully saturated rings. The van der Waals surface area contributed by atoms with Crippen LogP contribution in [0, 0.1) is 11.6 Å². The Morgan fingerprint density at radius 1 is 1.23 bits per heavy atom. The van der Waals surface area contributed by atoms with E-state index in [1.165, 1.54) is 10.7 Å². The van der Waals surface area contributed by atoms with Gasteiger partial charge < -0.3 is 10.0 Å². The maximum Gasteiger partial charge on any atom is 0.339 e. The molecule has 0 spiro atoms. The van der Waals surface area contributed by atoms with Crippen LogP contribution in [0.3, 0.4) is 0 Å². The van der Waals surface area contributed by atoms with Crippen molar-refractivity contribution in [2.24, 2.45) is 0 Å². The Balaban J connectivity index is 1.80. The highest BCUT2D eigenvalue weighted by atomic mass is 19.1. The van der Waals surface area contributed by atoms with Gasteiger partial charge in [0.05, 0.1) is 17.8 Å². The highest BCUT2D eigenvalue weighted by molar-refractivity contribution is 5.95. The van der Waals surface area contributed by atoms with Crippen molar-refractivity contribution < 1.29 is 23.1 Å². The number of fused-ring (bicyclic) bond motifs is 1. The zero-order chi connectivity index (χ0) is 18.4. The predicted molar refractivity (Wildman–Crippen MR) is 88.1 cm³/mol.